The summed E-state index contributed by atoms with van der Waals surface area (Å²) >= 11 is 11.6. The topological polar surface area (TPSA) is 37.3 Å². The van der Waals surface area contributed by atoms with Crippen molar-refractivity contribution in [2.24, 2.45) is 0 Å². The highest BCUT2D eigenvalue weighted by Crippen LogP contribution is 2.25. The number of hydrogen-bond donors (Lipinski definition) is 1. The Morgan fingerprint density at radius 1 is 1.43 bits per heavy atom. The van der Waals surface area contributed by atoms with Gasteiger partial charge in [0.05, 0.1) is 0 Å². The maximum Gasteiger partial charge on any atom is 0.328 e. The molecule has 0 aliphatic rings. The summed E-state index contributed by atoms with van der Waals surface area (Å²) in [6, 6.07) is 3.29. The van der Waals surface area contributed by atoms with Gasteiger partial charge in [0, 0.05) is 16.1 Å². The molecule has 0 unspecified atom stereocenters. The van der Waals surface area contributed by atoms with Gasteiger partial charge in [-0.3, -0.25) is 0 Å². The second-order valence-corrected chi connectivity index (χ2v) is 3.62. The van der Waals surface area contributed by atoms with Crippen molar-refractivity contribution < 1.29 is 9.90 Å². The summed E-state index contributed by atoms with van der Waals surface area (Å²) < 4.78 is 0. The van der Waals surface area contributed by atoms with Crippen LogP contribution in [0.5, 0.6) is 0 Å². The summed E-state index contributed by atoms with van der Waals surface area (Å²) in [5, 5.41) is 9.47. The molecule has 0 amide bonds. The van der Waals surface area contributed by atoms with E-state index in [1.165, 1.54) is 6.08 Å². The highest BCUT2D eigenvalue weighted by molar-refractivity contribution is 6.35. The van der Waals surface area contributed by atoms with Crippen LogP contribution >= 0.6 is 23.2 Å². The minimum atomic E-state index is -1.000. The summed E-state index contributed by atoms with van der Waals surface area (Å²) in [4.78, 5) is 10.3. The predicted molar refractivity (Wildman–Crippen MR) is 57.9 cm³/mol. The molecule has 0 aromatic heterocycles. The van der Waals surface area contributed by atoms with Crippen LogP contribution in [0, 0.1) is 6.92 Å². The molecule has 0 aliphatic heterocycles. The number of aliphatic carboxylic acids is 1. The smallest absolute Gasteiger partial charge is 0.328 e. The van der Waals surface area contributed by atoms with Crippen molar-refractivity contribution in [3.8, 4) is 0 Å². The number of hydrogen-bond acceptors (Lipinski definition) is 1. The summed E-state index contributed by atoms with van der Waals surface area (Å²) in [6.07, 6.45) is 2.52. The molecule has 0 radical (unpaired) electrons. The quantitative estimate of drug-likeness (QED) is 0.792. The van der Waals surface area contributed by atoms with E-state index in [9.17, 15) is 4.79 Å². The van der Waals surface area contributed by atoms with Gasteiger partial charge in [0.25, 0.3) is 0 Å². The van der Waals surface area contributed by atoms with Crippen LogP contribution < -0.4 is 0 Å². The predicted octanol–water partition coefficient (Wildman–Crippen LogP) is 3.40. The van der Waals surface area contributed by atoms with E-state index in [0.29, 0.717) is 15.6 Å². The van der Waals surface area contributed by atoms with Gasteiger partial charge in [-0.2, -0.15) is 0 Å². The molecule has 0 aliphatic carbocycles. The van der Waals surface area contributed by atoms with Gasteiger partial charge in [0.1, 0.15) is 0 Å². The van der Waals surface area contributed by atoms with Crippen molar-refractivity contribution >= 4 is 35.2 Å². The minimum absolute atomic E-state index is 0.491. The number of halogens is 2. The fraction of sp³-hybridized carbons (Fsp3) is 0.100. The maximum absolute atomic E-state index is 10.3. The molecule has 1 N–H and O–H groups in total. The Kier molecular flexibility index (Phi) is 3.55. The standard InChI is InChI=1S/C10H8Cl2O2/c1-6-7(2-3-10(13)14)4-8(11)5-9(6)12/h2-5H,1H3,(H,13,14)/b3-2+. The fourth-order valence-electron chi connectivity index (χ4n) is 1.000. The molecule has 1 aromatic carbocycles. The van der Waals surface area contributed by atoms with Crippen molar-refractivity contribution in [2.45, 2.75) is 6.92 Å². The van der Waals surface area contributed by atoms with E-state index in [4.69, 9.17) is 28.3 Å². The summed E-state index contributed by atoms with van der Waals surface area (Å²) in [6.45, 7) is 1.81. The van der Waals surface area contributed by atoms with Gasteiger partial charge >= 0.3 is 5.97 Å². The number of rotatable bonds is 2. The number of carbonyl (C=O) groups is 1. The lowest BCUT2D eigenvalue weighted by Crippen LogP contribution is -1.88. The SMILES string of the molecule is Cc1c(Cl)cc(Cl)cc1/C=C/C(=O)O. The molecule has 14 heavy (non-hydrogen) atoms. The van der Waals surface area contributed by atoms with Gasteiger partial charge in [0.2, 0.25) is 0 Å². The van der Waals surface area contributed by atoms with Crippen LogP contribution in [0.4, 0.5) is 0 Å². The Morgan fingerprint density at radius 3 is 2.64 bits per heavy atom. The van der Waals surface area contributed by atoms with Crippen LogP contribution in [0.1, 0.15) is 11.1 Å². The van der Waals surface area contributed by atoms with Crippen LogP contribution in [-0.2, 0) is 4.79 Å². The molecule has 0 saturated heterocycles. The van der Waals surface area contributed by atoms with Gasteiger partial charge < -0.3 is 5.11 Å². The van der Waals surface area contributed by atoms with Crippen LogP contribution in [0.15, 0.2) is 18.2 Å². The van der Waals surface area contributed by atoms with Gasteiger partial charge in [-0.25, -0.2) is 4.79 Å². The molecule has 0 bridgehead atoms. The zero-order valence-corrected chi connectivity index (χ0v) is 8.93. The van der Waals surface area contributed by atoms with Crippen LogP contribution in [0.25, 0.3) is 6.08 Å². The third-order valence-electron chi connectivity index (χ3n) is 1.75. The molecule has 0 spiro atoms. The van der Waals surface area contributed by atoms with E-state index < -0.39 is 5.97 Å². The number of carboxylic acids is 1. The van der Waals surface area contributed by atoms with Crippen molar-refractivity contribution in [3.05, 3.63) is 39.4 Å². The molecule has 0 atom stereocenters. The van der Waals surface area contributed by atoms with E-state index in [1.54, 1.807) is 19.1 Å². The van der Waals surface area contributed by atoms with E-state index in [-0.39, 0.29) is 0 Å². The van der Waals surface area contributed by atoms with Gasteiger partial charge in [-0.1, -0.05) is 23.2 Å². The van der Waals surface area contributed by atoms with Crippen LogP contribution in [-0.4, -0.2) is 11.1 Å². The first kappa shape index (κ1) is 11.1. The Balaban J connectivity index is 3.14. The van der Waals surface area contributed by atoms with Gasteiger partial charge in [-0.15, -0.1) is 0 Å². The molecular weight excluding hydrogens is 223 g/mol. The molecule has 74 valence electrons. The lowest BCUT2D eigenvalue weighted by atomic mass is 10.1. The summed E-state index contributed by atoms with van der Waals surface area (Å²) in [5.74, 6) is -1.000. The highest BCUT2D eigenvalue weighted by Gasteiger charge is 2.02. The first-order chi connectivity index (χ1) is 6.50. The largest absolute Gasteiger partial charge is 0.478 e. The summed E-state index contributed by atoms with van der Waals surface area (Å²) in [5.41, 5.74) is 1.53. The van der Waals surface area contributed by atoms with E-state index >= 15 is 0 Å². The number of benzene rings is 1. The Hall–Kier alpha value is -0.990. The number of carboxylic acid groups (broad SMARTS) is 1. The van der Waals surface area contributed by atoms with Crippen molar-refractivity contribution in [2.75, 3.05) is 0 Å². The molecule has 1 aromatic rings. The molecule has 0 heterocycles. The van der Waals surface area contributed by atoms with E-state index in [1.807, 2.05) is 0 Å². The average molecular weight is 231 g/mol. The highest BCUT2D eigenvalue weighted by atomic mass is 35.5. The molecule has 0 saturated carbocycles. The van der Waals surface area contributed by atoms with Crippen LogP contribution in [0.2, 0.25) is 10.0 Å². The van der Waals surface area contributed by atoms with Gasteiger partial charge in [0.15, 0.2) is 0 Å². The lowest BCUT2D eigenvalue weighted by molar-refractivity contribution is -0.131. The van der Waals surface area contributed by atoms with Crippen LogP contribution in [0.3, 0.4) is 0 Å². The Labute approximate surface area is 91.8 Å². The van der Waals surface area contributed by atoms with Crippen molar-refractivity contribution in [3.63, 3.8) is 0 Å². The van der Waals surface area contributed by atoms with Gasteiger partial charge in [-0.05, 0) is 36.3 Å². The Bertz CT molecular complexity index is 397. The lowest BCUT2D eigenvalue weighted by Gasteiger charge is -2.03. The minimum Gasteiger partial charge on any atom is -0.478 e. The van der Waals surface area contributed by atoms with Crippen molar-refractivity contribution in [1.29, 1.82) is 0 Å². The first-order valence-electron chi connectivity index (χ1n) is 3.87. The van der Waals surface area contributed by atoms with E-state index in [0.717, 1.165) is 11.6 Å². The second-order valence-electron chi connectivity index (χ2n) is 2.77. The fourth-order valence-corrected chi connectivity index (χ4v) is 1.51. The molecule has 2 nitrogen and oxygen atoms in total. The molecule has 1 rings (SSSR count). The average Bonchev–Trinajstić information content (AvgIpc) is 2.08. The zero-order valence-electron chi connectivity index (χ0n) is 7.42. The Morgan fingerprint density at radius 2 is 2.07 bits per heavy atom. The zero-order chi connectivity index (χ0) is 10.7. The monoisotopic (exact) mass is 230 g/mol. The molecule has 4 heteroatoms. The van der Waals surface area contributed by atoms with E-state index in [2.05, 4.69) is 0 Å². The third-order valence-corrected chi connectivity index (χ3v) is 2.37. The normalized spacial score (nSPS) is 10.8. The molecule has 0 fully saturated rings. The van der Waals surface area contributed by atoms with Crippen molar-refractivity contribution in [1.82, 2.24) is 0 Å². The first-order valence-corrected chi connectivity index (χ1v) is 4.63. The second kappa shape index (κ2) is 4.49. The summed E-state index contributed by atoms with van der Waals surface area (Å²) in [7, 11) is 0. The maximum atomic E-state index is 10.3. The third kappa shape index (κ3) is 2.76. The molecular formula is C10H8Cl2O2.